The fourth-order valence-corrected chi connectivity index (χ4v) is 2.56. The van der Waals surface area contributed by atoms with Crippen molar-refractivity contribution in [3.05, 3.63) is 51.5 Å². The molecule has 0 radical (unpaired) electrons. The smallest absolute Gasteiger partial charge is 0.180 e. The molecule has 1 N–H and O–H groups in total. The van der Waals surface area contributed by atoms with Gasteiger partial charge >= 0.3 is 0 Å². The number of hydrogen-bond donors (Lipinski definition) is 1. The van der Waals surface area contributed by atoms with Crippen LogP contribution in [0.4, 0.5) is 5.69 Å². The van der Waals surface area contributed by atoms with Crippen molar-refractivity contribution < 1.29 is 9.47 Å². The Morgan fingerprint density at radius 1 is 1.16 bits per heavy atom. The van der Waals surface area contributed by atoms with Crippen molar-refractivity contribution in [1.82, 2.24) is 0 Å². The largest absolute Gasteiger partial charge is 0.490 e. The molecule has 0 aromatic heterocycles. The van der Waals surface area contributed by atoms with E-state index in [0.29, 0.717) is 28.2 Å². The minimum Gasteiger partial charge on any atom is -0.490 e. The van der Waals surface area contributed by atoms with E-state index in [1.54, 1.807) is 12.3 Å². The van der Waals surface area contributed by atoms with Gasteiger partial charge in [-0.05, 0) is 63.1 Å². The van der Waals surface area contributed by atoms with E-state index in [9.17, 15) is 0 Å². The molecule has 134 valence electrons. The highest BCUT2D eigenvalue weighted by atomic mass is 35.5. The molecular formula is C19H22Cl2N2O2. The first-order valence-electron chi connectivity index (χ1n) is 8.09. The van der Waals surface area contributed by atoms with Gasteiger partial charge in [0.05, 0.1) is 29.6 Å². The highest BCUT2D eigenvalue weighted by molar-refractivity contribution is 6.32. The molecule has 6 heteroatoms. The maximum atomic E-state index is 6.34. The average molecular weight is 381 g/mol. The summed E-state index contributed by atoms with van der Waals surface area (Å²) in [5.41, 5.74) is 5.58. The minimum atomic E-state index is 0.00387. The lowest BCUT2D eigenvalue weighted by molar-refractivity contribution is 0.224. The van der Waals surface area contributed by atoms with Gasteiger partial charge in [-0.25, -0.2) is 0 Å². The number of ether oxygens (including phenoxy) is 2. The monoisotopic (exact) mass is 380 g/mol. The molecule has 25 heavy (non-hydrogen) atoms. The zero-order chi connectivity index (χ0) is 18.4. The summed E-state index contributed by atoms with van der Waals surface area (Å²) >= 11 is 12.4. The fourth-order valence-electron chi connectivity index (χ4n) is 2.12. The third kappa shape index (κ3) is 5.55. The summed E-state index contributed by atoms with van der Waals surface area (Å²) in [6.07, 6.45) is 1.67. The molecule has 0 atom stereocenters. The zero-order valence-corrected chi connectivity index (χ0v) is 16.3. The van der Waals surface area contributed by atoms with E-state index in [4.69, 9.17) is 32.7 Å². The van der Waals surface area contributed by atoms with Gasteiger partial charge in [0, 0.05) is 5.02 Å². The van der Waals surface area contributed by atoms with Gasteiger partial charge in [-0.15, -0.1) is 0 Å². The third-order valence-corrected chi connectivity index (χ3v) is 3.95. The van der Waals surface area contributed by atoms with Crippen molar-refractivity contribution in [1.29, 1.82) is 0 Å². The topological polar surface area (TPSA) is 42.8 Å². The molecule has 0 bridgehead atoms. The quantitative estimate of drug-likeness (QED) is 0.477. The van der Waals surface area contributed by atoms with Gasteiger partial charge in [0.25, 0.3) is 0 Å². The lowest BCUT2D eigenvalue weighted by Crippen LogP contribution is -2.08. The Morgan fingerprint density at radius 3 is 2.56 bits per heavy atom. The molecule has 0 saturated carbocycles. The van der Waals surface area contributed by atoms with E-state index < -0.39 is 0 Å². The van der Waals surface area contributed by atoms with Crippen molar-refractivity contribution in [2.24, 2.45) is 5.10 Å². The first kappa shape index (κ1) is 19.4. The van der Waals surface area contributed by atoms with Crippen LogP contribution in [0.15, 0.2) is 35.4 Å². The second-order valence-corrected chi connectivity index (χ2v) is 6.58. The van der Waals surface area contributed by atoms with Gasteiger partial charge in [0.1, 0.15) is 0 Å². The normalized spacial score (nSPS) is 11.2. The van der Waals surface area contributed by atoms with Crippen LogP contribution >= 0.6 is 23.2 Å². The van der Waals surface area contributed by atoms with Crippen LogP contribution in [0.2, 0.25) is 10.0 Å². The number of hydrazone groups is 1. The summed E-state index contributed by atoms with van der Waals surface area (Å²) in [5.74, 6) is 1.15. The Morgan fingerprint density at radius 2 is 1.92 bits per heavy atom. The Bertz CT molecular complexity index is 761. The number of rotatable bonds is 7. The average Bonchev–Trinajstić information content (AvgIpc) is 2.54. The molecular weight excluding hydrogens is 359 g/mol. The highest BCUT2D eigenvalue weighted by Gasteiger charge is 2.13. The van der Waals surface area contributed by atoms with Crippen LogP contribution in [0.1, 0.15) is 31.9 Å². The maximum absolute atomic E-state index is 6.34. The Kier molecular flexibility index (Phi) is 6.97. The fraction of sp³-hybridized carbons (Fsp3) is 0.316. The number of nitrogens with one attached hydrogen (secondary N) is 1. The molecule has 0 heterocycles. The molecule has 0 amide bonds. The van der Waals surface area contributed by atoms with Crippen molar-refractivity contribution in [3.63, 3.8) is 0 Å². The predicted molar refractivity (Wildman–Crippen MR) is 106 cm³/mol. The van der Waals surface area contributed by atoms with Crippen LogP contribution in [-0.4, -0.2) is 18.9 Å². The summed E-state index contributed by atoms with van der Waals surface area (Å²) in [5, 5.41) is 5.40. The van der Waals surface area contributed by atoms with E-state index in [1.165, 1.54) is 0 Å². The van der Waals surface area contributed by atoms with Crippen LogP contribution in [0.25, 0.3) is 0 Å². The summed E-state index contributed by atoms with van der Waals surface area (Å²) in [7, 11) is 0. The van der Waals surface area contributed by atoms with Gasteiger partial charge in [-0.3, -0.25) is 5.43 Å². The lowest BCUT2D eigenvalue weighted by Gasteiger charge is -2.16. The van der Waals surface area contributed by atoms with Gasteiger partial charge in [0.2, 0.25) is 0 Å². The molecule has 0 saturated heterocycles. The number of hydrogen-bond acceptors (Lipinski definition) is 4. The number of nitrogens with zero attached hydrogens (tertiary/aromatic N) is 1. The molecule has 0 spiro atoms. The molecule has 4 nitrogen and oxygen atoms in total. The molecule has 2 aromatic carbocycles. The van der Waals surface area contributed by atoms with Crippen molar-refractivity contribution >= 4 is 35.1 Å². The summed E-state index contributed by atoms with van der Waals surface area (Å²) in [6.45, 7) is 8.27. The molecule has 0 aliphatic carbocycles. The van der Waals surface area contributed by atoms with Gasteiger partial charge in [0.15, 0.2) is 11.5 Å². The molecule has 0 fully saturated rings. The summed E-state index contributed by atoms with van der Waals surface area (Å²) in [6, 6.07) is 9.31. The van der Waals surface area contributed by atoms with Crippen LogP contribution in [0.5, 0.6) is 11.5 Å². The van der Waals surface area contributed by atoms with Crippen molar-refractivity contribution in [2.45, 2.75) is 33.8 Å². The van der Waals surface area contributed by atoms with E-state index in [2.05, 4.69) is 10.5 Å². The predicted octanol–water partition coefficient (Wildman–Crippen LogP) is 5.93. The molecule has 0 unspecified atom stereocenters. The van der Waals surface area contributed by atoms with Crippen LogP contribution < -0.4 is 14.9 Å². The number of halogens is 2. The Balaban J connectivity index is 2.19. The van der Waals surface area contributed by atoms with Gasteiger partial charge < -0.3 is 9.47 Å². The number of benzene rings is 2. The SMILES string of the molecule is CCOc1cc(/C=N/Nc2ccc(C)c(Cl)c2)cc(Cl)c1OC(C)C. The molecule has 0 aliphatic rings. The first-order chi connectivity index (χ1) is 11.9. The summed E-state index contributed by atoms with van der Waals surface area (Å²) in [4.78, 5) is 0. The van der Waals surface area contributed by atoms with Crippen molar-refractivity contribution in [3.8, 4) is 11.5 Å². The first-order valence-corrected chi connectivity index (χ1v) is 8.84. The minimum absolute atomic E-state index is 0.00387. The van der Waals surface area contributed by atoms with E-state index in [1.807, 2.05) is 52.0 Å². The molecule has 2 rings (SSSR count). The van der Waals surface area contributed by atoms with E-state index in [0.717, 1.165) is 16.8 Å². The van der Waals surface area contributed by atoms with Crippen molar-refractivity contribution in [2.75, 3.05) is 12.0 Å². The molecule has 0 aliphatic heterocycles. The number of aryl methyl sites for hydroxylation is 1. The van der Waals surface area contributed by atoms with E-state index >= 15 is 0 Å². The lowest BCUT2D eigenvalue weighted by atomic mass is 10.2. The Hall–Kier alpha value is -1.91. The second-order valence-electron chi connectivity index (χ2n) is 5.76. The Labute approximate surface area is 158 Å². The number of anilines is 1. The highest BCUT2D eigenvalue weighted by Crippen LogP contribution is 2.37. The maximum Gasteiger partial charge on any atom is 0.180 e. The third-order valence-electron chi connectivity index (χ3n) is 3.26. The van der Waals surface area contributed by atoms with Crippen LogP contribution in [0.3, 0.4) is 0 Å². The second kappa shape index (κ2) is 8.97. The van der Waals surface area contributed by atoms with Crippen LogP contribution in [-0.2, 0) is 0 Å². The standard InChI is InChI=1S/C19H22Cl2N2O2/c1-5-24-18-9-14(8-17(21)19(18)25-12(2)3)11-22-23-15-7-6-13(4)16(20)10-15/h6-12,23H,5H2,1-4H3/b22-11+. The van der Waals surface area contributed by atoms with Gasteiger partial charge in [-0.2, -0.15) is 5.10 Å². The zero-order valence-electron chi connectivity index (χ0n) is 14.8. The molecule has 2 aromatic rings. The van der Waals surface area contributed by atoms with E-state index in [-0.39, 0.29) is 6.10 Å². The van der Waals surface area contributed by atoms with Crippen LogP contribution in [0, 0.1) is 6.92 Å². The summed E-state index contributed by atoms with van der Waals surface area (Å²) < 4.78 is 11.4. The van der Waals surface area contributed by atoms with Gasteiger partial charge in [-0.1, -0.05) is 29.3 Å².